The van der Waals surface area contributed by atoms with Crippen molar-refractivity contribution in [3.8, 4) is 0 Å². The zero-order valence-corrected chi connectivity index (χ0v) is 30.0. The number of benzene rings is 3. The minimum Gasteiger partial charge on any atom is -0.487 e. The first-order valence-corrected chi connectivity index (χ1v) is 19.6. The molecule has 1 aliphatic heterocycles. The number of hydrogen-bond donors (Lipinski definition) is 0. The van der Waals surface area contributed by atoms with E-state index in [1.54, 1.807) is 0 Å². The van der Waals surface area contributed by atoms with Gasteiger partial charge in [-0.25, -0.2) is 0 Å². The Balaban J connectivity index is 1.09. The maximum Gasteiger partial charge on any atom is 0.130 e. The Morgan fingerprint density at radius 3 is 2.37 bits per heavy atom. The van der Waals surface area contributed by atoms with Gasteiger partial charge in [-0.3, -0.25) is 0 Å². The van der Waals surface area contributed by atoms with Crippen LogP contribution in [0.3, 0.4) is 0 Å². The van der Waals surface area contributed by atoms with Crippen molar-refractivity contribution in [2.45, 2.75) is 75.3 Å². The predicted molar refractivity (Wildman–Crippen MR) is 209 cm³/mol. The van der Waals surface area contributed by atoms with E-state index >= 15 is 0 Å². The van der Waals surface area contributed by atoms with Gasteiger partial charge in [0, 0.05) is 40.0 Å². The molecule has 256 valence electrons. The SMILES string of the molecule is C[C@@H]1C=CC(N(C2=CCCC3CCC=CC23)c2ccccc2)C2OC3=C(CCC(C4(c5ccccc5)c5ccccc5C5(C)C=CC=CC54)=C3)C21. The molecule has 2 nitrogen and oxygen atoms in total. The van der Waals surface area contributed by atoms with Gasteiger partial charge in [0.25, 0.3) is 0 Å². The van der Waals surface area contributed by atoms with Crippen LogP contribution < -0.4 is 4.90 Å². The third-order valence-corrected chi connectivity index (χ3v) is 13.9. The normalized spacial score (nSPS) is 35.5. The van der Waals surface area contributed by atoms with Gasteiger partial charge in [-0.1, -0.05) is 147 Å². The van der Waals surface area contributed by atoms with E-state index in [2.05, 4.69) is 164 Å². The van der Waals surface area contributed by atoms with Gasteiger partial charge >= 0.3 is 0 Å². The van der Waals surface area contributed by atoms with Crippen LogP contribution in [0.15, 0.2) is 168 Å². The Morgan fingerprint density at radius 1 is 0.765 bits per heavy atom. The summed E-state index contributed by atoms with van der Waals surface area (Å²) in [6.07, 6.45) is 31.6. The van der Waals surface area contributed by atoms with E-state index in [4.69, 9.17) is 4.74 Å². The lowest BCUT2D eigenvalue weighted by Gasteiger charge is -2.46. The molecular formula is C49H49NO. The summed E-state index contributed by atoms with van der Waals surface area (Å²) in [5.41, 5.74) is 9.72. The van der Waals surface area contributed by atoms with E-state index in [0.29, 0.717) is 17.8 Å². The summed E-state index contributed by atoms with van der Waals surface area (Å²) in [4.78, 5) is 2.68. The number of ether oxygens (including phenoxy) is 1. The highest BCUT2D eigenvalue weighted by atomic mass is 16.5. The van der Waals surface area contributed by atoms with Gasteiger partial charge in [0.1, 0.15) is 11.9 Å². The Labute approximate surface area is 304 Å². The Kier molecular flexibility index (Phi) is 7.35. The quantitative estimate of drug-likeness (QED) is 0.251. The number of rotatable bonds is 5. The molecule has 8 unspecified atom stereocenters. The highest BCUT2D eigenvalue weighted by Crippen LogP contribution is 2.64. The van der Waals surface area contributed by atoms with E-state index in [-0.39, 0.29) is 28.9 Å². The van der Waals surface area contributed by atoms with Crippen molar-refractivity contribution < 1.29 is 4.74 Å². The van der Waals surface area contributed by atoms with E-state index in [0.717, 1.165) is 30.9 Å². The maximum atomic E-state index is 7.43. The van der Waals surface area contributed by atoms with Gasteiger partial charge < -0.3 is 9.64 Å². The number of anilines is 1. The summed E-state index contributed by atoms with van der Waals surface area (Å²) >= 11 is 0. The monoisotopic (exact) mass is 667 g/mol. The summed E-state index contributed by atoms with van der Waals surface area (Å²) < 4.78 is 7.43. The lowest BCUT2D eigenvalue weighted by molar-refractivity contribution is 0.0865. The van der Waals surface area contributed by atoms with Gasteiger partial charge in [-0.05, 0) is 90.8 Å². The minimum absolute atomic E-state index is 0.0611. The number of fused-ring (bicyclic) bond motifs is 6. The van der Waals surface area contributed by atoms with Crippen LogP contribution in [0.25, 0.3) is 0 Å². The van der Waals surface area contributed by atoms with Crippen molar-refractivity contribution in [2.75, 3.05) is 4.90 Å². The molecule has 0 amide bonds. The highest BCUT2D eigenvalue weighted by Gasteiger charge is 2.59. The fraction of sp³-hybridized carbons (Fsp3) is 0.347. The van der Waals surface area contributed by atoms with Gasteiger partial charge in [0.05, 0.1) is 6.04 Å². The number of para-hydroxylation sites is 1. The van der Waals surface area contributed by atoms with Crippen LogP contribution in [0.2, 0.25) is 0 Å². The molecule has 1 heterocycles. The first kappa shape index (κ1) is 31.2. The fourth-order valence-corrected chi connectivity index (χ4v) is 11.7. The van der Waals surface area contributed by atoms with E-state index in [1.165, 1.54) is 58.5 Å². The first-order chi connectivity index (χ1) is 25.1. The van der Waals surface area contributed by atoms with Crippen LogP contribution in [0, 0.1) is 29.6 Å². The molecule has 7 aliphatic rings. The van der Waals surface area contributed by atoms with Crippen molar-refractivity contribution in [1.29, 1.82) is 0 Å². The first-order valence-electron chi connectivity index (χ1n) is 19.6. The van der Waals surface area contributed by atoms with Gasteiger partial charge in [0.15, 0.2) is 0 Å². The lowest BCUT2D eigenvalue weighted by Crippen LogP contribution is -2.50. The Bertz CT molecular complexity index is 2060. The van der Waals surface area contributed by atoms with Crippen molar-refractivity contribution in [1.82, 2.24) is 0 Å². The molecule has 0 saturated carbocycles. The predicted octanol–water partition coefficient (Wildman–Crippen LogP) is 11.3. The maximum absolute atomic E-state index is 7.43. The summed E-state index contributed by atoms with van der Waals surface area (Å²) in [6.45, 7) is 4.87. The molecule has 3 aromatic carbocycles. The summed E-state index contributed by atoms with van der Waals surface area (Å²) in [7, 11) is 0. The van der Waals surface area contributed by atoms with Crippen LogP contribution in [-0.2, 0) is 15.6 Å². The summed E-state index contributed by atoms with van der Waals surface area (Å²) in [5, 5.41) is 0. The van der Waals surface area contributed by atoms with Crippen LogP contribution in [0.5, 0.6) is 0 Å². The highest BCUT2D eigenvalue weighted by molar-refractivity contribution is 5.66. The molecule has 0 N–H and O–H groups in total. The molecule has 9 atom stereocenters. The molecule has 0 spiro atoms. The third-order valence-electron chi connectivity index (χ3n) is 13.9. The van der Waals surface area contributed by atoms with Crippen LogP contribution in [-0.4, -0.2) is 12.1 Å². The number of nitrogens with zero attached hydrogens (tertiary/aromatic N) is 1. The molecule has 0 fully saturated rings. The summed E-state index contributed by atoms with van der Waals surface area (Å²) in [5.74, 6) is 3.41. The van der Waals surface area contributed by atoms with E-state index < -0.39 is 0 Å². The van der Waals surface area contributed by atoms with Crippen LogP contribution in [0.1, 0.15) is 69.1 Å². The largest absolute Gasteiger partial charge is 0.487 e. The fourth-order valence-electron chi connectivity index (χ4n) is 11.7. The number of hydrogen-bond acceptors (Lipinski definition) is 2. The zero-order chi connectivity index (χ0) is 34.2. The zero-order valence-electron chi connectivity index (χ0n) is 30.0. The Morgan fingerprint density at radius 2 is 1.53 bits per heavy atom. The van der Waals surface area contributed by atoms with Crippen molar-refractivity contribution in [2.24, 2.45) is 29.6 Å². The van der Waals surface area contributed by atoms with Crippen molar-refractivity contribution in [3.63, 3.8) is 0 Å². The van der Waals surface area contributed by atoms with Gasteiger partial charge in [-0.15, -0.1) is 0 Å². The molecule has 6 aliphatic carbocycles. The molecule has 10 rings (SSSR count). The minimum atomic E-state index is -0.266. The van der Waals surface area contributed by atoms with Crippen molar-refractivity contribution in [3.05, 3.63) is 185 Å². The Hall–Kier alpha value is -4.56. The average molecular weight is 668 g/mol. The molecule has 51 heavy (non-hydrogen) atoms. The van der Waals surface area contributed by atoms with E-state index in [9.17, 15) is 0 Å². The molecule has 0 saturated heterocycles. The van der Waals surface area contributed by atoms with E-state index in [1.807, 2.05) is 0 Å². The lowest BCUT2D eigenvalue weighted by atomic mass is 9.58. The second-order valence-corrected chi connectivity index (χ2v) is 16.3. The van der Waals surface area contributed by atoms with Crippen molar-refractivity contribution >= 4 is 5.69 Å². The van der Waals surface area contributed by atoms with Crippen LogP contribution >= 0.6 is 0 Å². The smallest absolute Gasteiger partial charge is 0.130 e. The van der Waals surface area contributed by atoms with Crippen LogP contribution in [0.4, 0.5) is 5.69 Å². The molecule has 0 bridgehead atoms. The third kappa shape index (κ3) is 4.54. The second-order valence-electron chi connectivity index (χ2n) is 16.3. The molecule has 2 heteroatoms. The standard InChI is InChI=1S/C49H49NO/c1-33-27-30-43(50(37-20-7-4-8-21-37)42-25-15-17-34-16-9-10-22-38(34)42)47-46(33)39-29-28-36(32-44(39)51-47)49(35-18-5-3-6-19-35)41-24-12-11-23-40(41)48(2)31-14-13-26-45(48)49/h3-8,10-14,18-27,30-34,38,43,45-47H,9,15-17,28-29H2,1-2H3/t33-,34?,38?,43?,45?,46?,47?,48?,49?/m1/s1. The van der Waals surface area contributed by atoms with Gasteiger partial charge in [-0.2, -0.15) is 0 Å². The molecule has 3 aromatic rings. The summed E-state index contributed by atoms with van der Waals surface area (Å²) in [6, 6.07) is 31.9. The second kappa shape index (κ2) is 12.0. The topological polar surface area (TPSA) is 12.5 Å². The molecule has 0 radical (unpaired) electrons. The average Bonchev–Trinajstić information content (AvgIpc) is 3.69. The molecular weight excluding hydrogens is 619 g/mol. The molecule has 0 aromatic heterocycles. The van der Waals surface area contributed by atoms with Gasteiger partial charge in [0.2, 0.25) is 0 Å². The number of allylic oxidation sites excluding steroid dienone is 10.